The summed E-state index contributed by atoms with van der Waals surface area (Å²) in [5.74, 6) is 0.664. The van der Waals surface area contributed by atoms with E-state index in [4.69, 9.17) is 0 Å². The van der Waals surface area contributed by atoms with Crippen molar-refractivity contribution in [1.29, 1.82) is 0 Å². The number of amides is 1. The largest absolute Gasteiger partial charge is 0.307 e. The molecule has 0 N–H and O–H groups in total. The Kier molecular flexibility index (Phi) is 3.78. The van der Waals surface area contributed by atoms with Crippen LogP contribution in [0.25, 0.3) is 0 Å². The molecule has 2 aromatic rings. The van der Waals surface area contributed by atoms with Crippen molar-refractivity contribution < 1.29 is 4.79 Å². The first-order chi connectivity index (χ1) is 10.2. The standard InChI is InChI=1S/C19H21NO/c1-14-12-17-10-6-7-11-18(17)20(19(21)15(14)2)13-16-8-4-3-5-9-16/h3-11,14-15H,12-13H2,1-2H3. The molecular formula is C19H21NO. The maximum absolute atomic E-state index is 12.8. The van der Waals surface area contributed by atoms with Gasteiger partial charge in [-0.25, -0.2) is 0 Å². The molecule has 0 radical (unpaired) electrons. The zero-order chi connectivity index (χ0) is 14.8. The number of hydrogen-bond acceptors (Lipinski definition) is 1. The predicted octanol–water partition coefficient (Wildman–Crippen LogP) is 4.05. The van der Waals surface area contributed by atoms with Gasteiger partial charge in [-0.3, -0.25) is 4.79 Å². The molecular weight excluding hydrogens is 258 g/mol. The summed E-state index contributed by atoms with van der Waals surface area (Å²) in [6, 6.07) is 18.5. The van der Waals surface area contributed by atoms with Crippen LogP contribution in [-0.4, -0.2) is 5.91 Å². The molecule has 2 unspecified atom stereocenters. The quantitative estimate of drug-likeness (QED) is 0.812. The van der Waals surface area contributed by atoms with Gasteiger partial charge in [0.15, 0.2) is 0 Å². The fourth-order valence-electron chi connectivity index (χ4n) is 3.01. The van der Waals surface area contributed by atoms with E-state index in [1.807, 2.05) is 29.2 Å². The summed E-state index contributed by atoms with van der Waals surface area (Å²) in [6.45, 7) is 4.87. The molecule has 3 rings (SSSR count). The summed E-state index contributed by atoms with van der Waals surface area (Å²) in [5.41, 5.74) is 3.52. The Hall–Kier alpha value is -2.09. The van der Waals surface area contributed by atoms with Crippen LogP contribution >= 0.6 is 0 Å². The molecule has 21 heavy (non-hydrogen) atoms. The van der Waals surface area contributed by atoms with E-state index in [1.165, 1.54) is 11.1 Å². The fraction of sp³-hybridized carbons (Fsp3) is 0.316. The van der Waals surface area contributed by atoms with Crippen LogP contribution in [-0.2, 0) is 17.8 Å². The molecule has 1 heterocycles. The molecule has 1 aliphatic heterocycles. The Morgan fingerprint density at radius 2 is 1.67 bits per heavy atom. The topological polar surface area (TPSA) is 20.3 Å². The van der Waals surface area contributed by atoms with Crippen LogP contribution in [0.2, 0.25) is 0 Å². The van der Waals surface area contributed by atoms with Crippen molar-refractivity contribution in [1.82, 2.24) is 0 Å². The van der Waals surface area contributed by atoms with Crippen LogP contribution < -0.4 is 4.90 Å². The van der Waals surface area contributed by atoms with Crippen molar-refractivity contribution in [2.24, 2.45) is 11.8 Å². The second-order valence-electron chi connectivity index (χ2n) is 6.01. The predicted molar refractivity (Wildman–Crippen MR) is 86.1 cm³/mol. The van der Waals surface area contributed by atoms with Crippen molar-refractivity contribution in [3.8, 4) is 0 Å². The molecule has 2 atom stereocenters. The molecule has 1 amide bonds. The zero-order valence-electron chi connectivity index (χ0n) is 12.6. The molecule has 0 aromatic heterocycles. The van der Waals surface area contributed by atoms with Crippen molar-refractivity contribution in [2.45, 2.75) is 26.8 Å². The van der Waals surface area contributed by atoms with Gasteiger partial charge in [0.1, 0.15) is 0 Å². The second-order valence-corrected chi connectivity index (χ2v) is 6.01. The van der Waals surface area contributed by atoms with E-state index in [1.54, 1.807) is 0 Å². The number of nitrogens with zero attached hydrogens (tertiary/aromatic N) is 1. The Labute approximate surface area is 126 Å². The number of rotatable bonds is 2. The highest BCUT2D eigenvalue weighted by Gasteiger charge is 2.31. The van der Waals surface area contributed by atoms with E-state index in [-0.39, 0.29) is 11.8 Å². The van der Waals surface area contributed by atoms with Crippen molar-refractivity contribution >= 4 is 11.6 Å². The van der Waals surface area contributed by atoms with E-state index >= 15 is 0 Å². The van der Waals surface area contributed by atoms with Gasteiger partial charge in [0.25, 0.3) is 0 Å². The molecule has 2 heteroatoms. The summed E-state index contributed by atoms with van der Waals surface area (Å²) >= 11 is 0. The lowest BCUT2D eigenvalue weighted by Gasteiger charge is -2.25. The number of hydrogen-bond donors (Lipinski definition) is 0. The molecule has 1 aliphatic rings. The summed E-state index contributed by atoms with van der Waals surface area (Å²) in [5, 5.41) is 0. The average molecular weight is 279 g/mol. The summed E-state index contributed by atoms with van der Waals surface area (Å²) < 4.78 is 0. The van der Waals surface area contributed by atoms with Gasteiger partial charge in [-0.1, -0.05) is 62.4 Å². The van der Waals surface area contributed by atoms with Crippen LogP contribution in [0.15, 0.2) is 54.6 Å². The molecule has 0 spiro atoms. The number of fused-ring (bicyclic) bond motifs is 1. The molecule has 2 nitrogen and oxygen atoms in total. The first kappa shape index (κ1) is 13.9. The summed E-state index contributed by atoms with van der Waals surface area (Å²) in [4.78, 5) is 14.8. The maximum atomic E-state index is 12.8. The Balaban J connectivity index is 2.01. The van der Waals surface area contributed by atoms with E-state index < -0.39 is 0 Å². The van der Waals surface area contributed by atoms with Gasteiger partial charge >= 0.3 is 0 Å². The highest BCUT2D eigenvalue weighted by Crippen LogP contribution is 2.33. The smallest absolute Gasteiger partial charge is 0.230 e. The minimum atomic E-state index is 0.0566. The molecule has 108 valence electrons. The van der Waals surface area contributed by atoms with Gasteiger partial charge in [-0.15, -0.1) is 0 Å². The lowest BCUT2D eigenvalue weighted by Crippen LogP contribution is -2.35. The van der Waals surface area contributed by atoms with Crippen LogP contribution in [0.3, 0.4) is 0 Å². The SMILES string of the molecule is CC1Cc2ccccc2N(Cc2ccccc2)C(=O)C1C. The van der Waals surface area contributed by atoms with E-state index in [0.717, 1.165) is 12.1 Å². The lowest BCUT2D eigenvalue weighted by atomic mass is 9.90. The van der Waals surface area contributed by atoms with Gasteiger partial charge in [-0.05, 0) is 29.5 Å². The molecule has 0 saturated heterocycles. The van der Waals surface area contributed by atoms with Crippen molar-refractivity contribution in [3.63, 3.8) is 0 Å². The number of carbonyl (C=O) groups excluding carboxylic acids is 1. The van der Waals surface area contributed by atoms with E-state index in [2.05, 4.69) is 44.2 Å². The highest BCUT2D eigenvalue weighted by atomic mass is 16.2. The van der Waals surface area contributed by atoms with Crippen molar-refractivity contribution in [2.75, 3.05) is 4.90 Å². The monoisotopic (exact) mass is 279 g/mol. The third-order valence-corrected chi connectivity index (χ3v) is 4.52. The number of carbonyl (C=O) groups is 1. The van der Waals surface area contributed by atoms with Crippen LogP contribution in [0.4, 0.5) is 5.69 Å². The van der Waals surface area contributed by atoms with Crippen LogP contribution in [0.5, 0.6) is 0 Å². The van der Waals surface area contributed by atoms with E-state index in [9.17, 15) is 4.79 Å². The lowest BCUT2D eigenvalue weighted by molar-refractivity contribution is -0.123. The van der Waals surface area contributed by atoms with Gasteiger partial charge in [0.05, 0.1) is 6.54 Å². The maximum Gasteiger partial charge on any atom is 0.230 e. The number of benzene rings is 2. The first-order valence-corrected chi connectivity index (χ1v) is 7.60. The molecule has 0 bridgehead atoms. The third-order valence-electron chi connectivity index (χ3n) is 4.52. The number of para-hydroxylation sites is 1. The summed E-state index contributed by atoms with van der Waals surface area (Å²) in [7, 11) is 0. The average Bonchev–Trinajstić information content (AvgIpc) is 2.60. The van der Waals surface area contributed by atoms with E-state index in [0.29, 0.717) is 12.5 Å². The minimum absolute atomic E-state index is 0.0566. The Morgan fingerprint density at radius 1 is 1.00 bits per heavy atom. The normalized spacial score (nSPS) is 21.8. The molecule has 0 saturated carbocycles. The van der Waals surface area contributed by atoms with Crippen molar-refractivity contribution in [3.05, 3.63) is 65.7 Å². The number of anilines is 1. The zero-order valence-corrected chi connectivity index (χ0v) is 12.6. The third kappa shape index (κ3) is 2.71. The summed E-state index contributed by atoms with van der Waals surface area (Å²) in [6.07, 6.45) is 0.967. The highest BCUT2D eigenvalue weighted by molar-refractivity contribution is 5.96. The molecule has 0 fully saturated rings. The van der Waals surface area contributed by atoms with Gasteiger partial charge in [-0.2, -0.15) is 0 Å². The van der Waals surface area contributed by atoms with Gasteiger partial charge in [0, 0.05) is 11.6 Å². The molecule has 0 aliphatic carbocycles. The Bertz CT molecular complexity index is 635. The van der Waals surface area contributed by atoms with Crippen LogP contribution in [0, 0.1) is 11.8 Å². The first-order valence-electron chi connectivity index (χ1n) is 7.60. The second kappa shape index (κ2) is 5.72. The van der Waals surface area contributed by atoms with Gasteiger partial charge in [0.2, 0.25) is 5.91 Å². The molecule has 2 aromatic carbocycles. The minimum Gasteiger partial charge on any atom is -0.307 e. The van der Waals surface area contributed by atoms with Gasteiger partial charge < -0.3 is 4.90 Å². The van der Waals surface area contributed by atoms with Crippen LogP contribution in [0.1, 0.15) is 25.0 Å². The fourth-order valence-corrected chi connectivity index (χ4v) is 3.01. The Morgan fingerprint density at radius 3 is 2.43 bits per heavy atom.